The number of piperidine rings is 1. The predicted molar refractivity (Wildman–Crippen MR) is 138 cm³/mol. The highest BCUT2D eigenvalue weighted by atomic mass is 16.6. The zero-order valence-electron chi connectivity index (χ0n) is 23.7. The first-order valence-corrected chi connectivity index (χ1v) is 13.1. The second-order valence-electron chi connectivity index (χ2n) is 12.7. The normalized spacial score (nSPS) is 23.3. The third kappa shape index (κ3) is 17.8. The van der Waals surface area contributed by atoms with Crippen LogP contribution in [0.1, 0.15) is 88.0 Å². The van der Waals surface area contributed by atoms with Gasteiger partial charge in [0.15, 0.2) is 0 Å². The molecule has 6 nitrogen and oxygen atoms in total. The summed E-state index contributed by atoms with van der Waals surface area (Å²) in [7, 11) is 2.14. The highest BCUT2D eigenvalue weighted by Crippen LogP contribution is 2.18. The molecule has 0 N–H and O–H groups in total. The Bertz CT molecular complexity index is 498. The van der Waals surface area contributed by atoms with Gasteiger partial charge in [-0.25, -0.2) is 0 Å². The summed E-state index contributed by atoms with van der Waals surface area (Å²) < 4.78 is 22.0. The van der Waals surface area contributed by atoms with Crippen molar-refractivity contribution in [3.8, 4) is 0 Å². The molecule has 1 unspecified atom stereocenters. The monoisotopic (exact) mass is 472 g/mol. The molecule has 3 rings (SSSR count). The molecule has 198 valence electrons. The molecule has 3 saturated heterocycles. The summed E-state index contributed by atoms with van der Waals surface area (Å²) in [5, 5.41) is 0. The number of hydrogen-bond acceptors (Lipinski definition) is 6. The fourth-order valence-electron chi connectivity index (χ4n) is 3.94. The zero-order valence-corrected chi connectivity index (χ0v) is 23.7. The molecule has 0 spiro atoms. The van der Waals surface area contributed by atoms with Gasteiger partial charge < -0.3 is 28.7 Å². The molecule has 0 saturated carbocycles. The molecule has 0 aromatic rings. The van der Waals surface area contributed by atoms with Crippen LogP contribution >= 0.6 is 0 Å². The minimum atomic E-state index is -0.00551. The molecular formula is C27H56N2O4. The second kappa shape index (κ2) is 14.4. The maximum Gasteiger partial charge on any atom is 0.105 e. The fraction of sp³-hybridized carbons (Fsp3) is 1.00. The van der Waals surface area contributed by atoms with E-state index < -0.39 is 0 Å². The molecule has 3 aliphatic rings. The first-order chi connectivity index (χ1) is 15.1. The van der Waals surface area contributed by atoms with Crippen LogP contribution in [-0.4, -0.2) is 98.4 Å². The van der Waals surface area contributed by atoms with E-state index in [2.05, 4.69) is 79.2 Å². The molecule has 1 atom stereocenters. The Morgan fingerprint density at radius 3 is 1.64 bits per heavy atom. The van der Waals surface area contributed by atoms with Crippen molar-refractivity contribution >= 4 is 0 Å². The van der Waals surface area contributed by atoms with Crippen LogP contribution in [0.2, 0.25) is 0 Å². The highest BCUT2D eigenvalue weighted by molar-refractivity contribution is 4.76. The van der Waals surface area contributed by atoms with Crippen molar-refractivity contribution < 1.29 is 18.9 Å². The summed E-state index contributed by atoms with van der Waals surface area (Å²) in [5.74, 6) is 0. The maximum atomic E-state index is 5.83. The molecule has 0 amide bonds. The van der Waals surface area contributed by atoms with Crippen LogP contribution in [0.15, 0.2) is 0 Å². The largest absolute Gasteiger partial charge is 0.376 e. The minimum Gasteiger partial charge on any atom is -0.376 e. The van der Waals surface area contributed by atoms with Crippen LogP contribution < -0.4 is 0 Å². The topological polar surface area (TPSA) is 43.4 Å². The Kier molecular flexibility index (Phi) is 13.4. The smallest absolute Gasteiger partial charge is 0.105 e. The molecule has 0 radical (unpaired) electrons. The average molecular weight is 473 g/mol. The van der Waals surface area contributed by atoms with E-state index in [1.165, 1.54) is 45.3 Å². The maximum absolute atomic E-state index is 5.83. The van der Waals surface area contributed by atoms with Gasteiger partial charge in [0.1, 0.15) is 6.10 Å². The molecular weight excluding hydrogens is 416 g/mol. The molecule has 6 heteroatoms. The predicted octanol–water partition coefficient (Wildman–Crippen LogP) is 4.99. The third-order valence-corrected chi connectivity index (χ3v) is 5.39. The standard InChI is InChI=1S/C11H23NO.C9H19NO.C7H14O2/c1-11(2,3)13-10-9-12-7-5-4-6-8-12;1-9(2,3)11-8-5-6-10(4)7-8;1-7(2,3)9-6-4-8-5-6/h4-10H2,1-3H3;8H,5-7H2,1-4H3;6H,4-5H2,1-3H3. The highest BCUT2D eigenvalue weighted by Gasteiger charge is 2.25. The number of likely N-dealkylation sites (N-methyl/N-ethyl adjacent to an activating group) is 1. The van der Waals surface area contributed by atoms with Gasteiger partial charge in [0.2, 0.25) is 0 Å². The average Bonchev–Trinajstić information content (AvgIpc) is 3.01. The van der Waals surface area contributed by atoms with Crippen LogP contribution in [0.25, 0.3) is 0 Å². The van der Waals surface area contributed by atoms with Crippen molar-refractivity contribution in [2.24, 2.45) is 0 Å². The van der Waals surface area contributed by atoms with E-state index in [-0.39, 0.29) is 16.8 Å². The van der Waals surface area contributed by atoms with Crippen LogP contribution in [0.3, 0.4) is 0 Å². The molecule has 0 aromatic carbocycles. The van der Waals surface area contributed by atoms with E-state index in [9.17, 15) is 0 Å². The lowest BCUT2D eigenvalue weighted by Gasteiger charge is -2.32. The SMILES string of the molecule is CC(C)(C)OC1COC1.CC(C)(C)OCCN1CCCCC1.CN1CCC(OC(C)(C)C)C1. The number of hydrogen-bond donors (Lipinski definition) is 0. The summed E-state index contributed by atoms with van der Waals surface area (Å²) in [4.78, 5) is 4.83. The van der Waals surface area contributed by atoms with E-state index in [0.29, 0.717) is 12.2 Å². The van der Waals surface area contributed by atoms with Gasteiger partial charge in [0, 0.05) is 19.6 Å². The van der Waals surface area contributed by atoms with Crippen LogP contribution in [0, 0.1) is 0 Å². The Morgan fingerprint density at radius 1 is 0.727 bits per heavy atom. The van der Waals surface area contributed by atoms with Crippen molar-refractivity contribution in [2.75, 3.05) is 59.6 Å². The van der Waals surface area contributed by atoms with E-state index in [0.717, 1.165) is 32.9 Å². The molecule has 33 heavy (non-hydrogen) atoms. The summed E-state index contributed by atoms with van der Waals surface area (Å²) in [6, 6.07) is 0. The third-order valence-electron chi connectivity index (χ3n) is 5.39. The quantitative estimate of drug-likeness (QED) is 0.561. The number of ether oxygens (including phenoxy) is 4. The minimum absolute atomic E-state index is 0.00551. The van der Waals surface area contributed by atoms with Crippen LogP contribution in [-0.2, 0) is 18.9 Å². The summed E-state index contributed by atoms with van der Waals surface area (Å²) >= 11 is 0. The lowest BCUT2D eigenvalue weighted by molar-refractivity contribution is -0.176. The molecule has 0 aliphatic carbocycles. The van der Waals surface area contributed by atoms with Crippen molar-refractivity contribution in [2.45, 2.75) is 117 Å². The molecule has 0 bridgehead atoms. The van der Waals surface area contributed by atoms with E-state index >= 15 is 0 Å². The van der Waals surface area contributed by atoms with Gasteiger partial charge in [0.05, 0.1) is 42.7 Å². The second-order valence-corrected chi connectivity index (χ2v) is 12.7. The molecule has 0 aromatic heterocycles. The number of nitrogens with zero attached hydrogens (tertiary/aromatic N) is 2. The lowest BCUT2D eigenvalue weighted by Crippen LogP contribution is -2.41. The van der Waals surface area contributed by atoms with Gasteiger partial charge in [0.25, 0.3) is 0 Å². The summed E-state index contributed by atoms with van der Waals surface area (Å²) in [5.41, 5.74) is 0.0417. The number of likely N-dealkylation sites (tertiary alicyclic amines) is 2. The van der Waals surface area contributed by atoms with Crippen molar-refractivity contribution in [1.82, 2.24) is 9.80 Å². The Morgan fingerprint density at radius 2 is 1.27 bits per heavy atom. The first kappa shape index (κ1) is 30.8. The van der Waals surface area contributed by atoms with Gasteiger partial charge in [-0.2, -0.15) is 0 Å². The lowest BCUT2D eigenvalue weighted by atomic mass is 10.1. The van der Waals surface area contributed by atoms with Gasteiger partial charge >= 0.3 is 0 Å². The van der Waals surface area contributed by atoms with E-state index in [1.807, 2.05) is 0 Å². The Balaban J connectivity index is 0.000000252. The van der Waals surface area contributed by atoms with Crippen molar-refractivity contribution in [3.05, 3.63) is 0 Å². The Labute approximate surface area is 205 Å². The summed E-state index contributed by atoms with van der Waals surface area (Å²) in [6.45, 7) is 27.2. The fourth-order valence-corrected chi connectivity index (χ4v) is 3.94. The van der Waals surface area contributed by atoms with Gasteiger partial charge in [-0.15, -0.1) is 0 Å². The Hall–Kier alpha value is -0.240. The molecule has 3 fully saturated rings. The van der Waals surface area contributed by atoms with Crippen LogP contribution in [0.5, 0.6) is 0 Å². The zero-order chi connectivity index (χ0) is 25.1. The first-order valence-electron chi connectivity index (χ1n) is 13.1. The van der Waals surface area contributed by atoms with Gasteiger partial charge in [-0.1, -0.05) is 6.42 Å². The van der Waals surface area contributed by atoms with E-state index in [4.69, 9.17) is 18.9 Å². The molecule has 3 heterocycles. The number of rotatable bonds is 5. The van der Waals surface area contributed by atoms with Crippen molar-refractivity contribution in [3.63, 3.8) is 0 Å². The van der Waals surface area contributed by atoms with Gasteiger partial charge in [-0.05, 0) is 102 Å². The van der Waals surface area contributed by atoms with Crippen molar-refractivity contribution in [1.29, 1.82) is 0 Å². The summed E-state index contributed by atoms with van der Waals surface area (Å²) in [6.07, 6.45) is 6.15. The molecule has 3 aliphatic heterocycles. The van der Waals surface area contributed by atoms with E-state index in [1.54, 1.807) is 0 Å². The van der Waals surface area contributed by atoms with Crippen LogP contribution in [0.4, 0.5) is 0 Å². The van der Waals surface area contributed by atoms with Gasteiger partial charge in [-0.3, -0.25) is 0 Å².